The van der Waals surface area contributed by atoms with Crippen LogP contribution in [0.2, 0.25) is 0 Å². The van der Waals surface area contributed by atoms with Crippen LogP contribution in [0.3, 0.4) is 0 Å². The summed E-state index contributed by atoms with van der Waals surface area (Å²) < 4.78 is 12.2. The lowest BCUT2D eigenvalue weighted by Crippen LogP contribution is -2.13. The van der Waals surface area contributed by atoms with Gasteiger partial charge in [-0.25, -0.2) is 4.39 Å². The third kappa shape index (κ3) is 2.91. The second-order valence-corrected chi connectivity index (χ2v) is 2.88. The van der Waals surface area contributed by atoms with Gasteiger partial charge in [-0.3, -0.25) is 0 Å². The number of nitrogens with two attached hydrogens (primary N) is 1. The molecule has 3 nitrogen and oxygen atoms in total. The number of hydrogen-bond acceptors (Lipinski definition) is 3. The molecule has 1 unspecified atom stereocenters. The predicted molar refractivity (Wildman–Crippen MR) is 47.2 cm³/mol. The van der Waals surface area contributed by atoms with E-state index in [1.807, 2.05) is 0 Å². The summed E-state index contributed by atoms with van der Waals surface area (Å²) in [6.45, 7) is 0. The molecule has 0 amide bonds. The van der Waals surface area contributed by atoms with Gasteiger partial charge in [-0.15, -0.1) is 0 Å². The molecular weight excluding hydrogens is 173 g/mol. The third-order valence-corrected chi connectivity index (χ3v) is 1.75. The molecule has 1 aromatic carbocycles. The molecule has 0 radical (unpaired) electrons. The zero-order chi connectivity index (χ0) is 9.84. The number of benzene rings is 1. The van der Waals surface area contributed by atoms with Crippen LogP contribution in [0.15, 0.2) is 18.2 Å². The van der Waals surface area contributed by atoms with Gasteiger partial charge in [-0.05, 0) is 30.5 Å². The zero-order valence-corrected chi connectivity index (χ0v) is 7.07. The number of halogens is 1. The second-order valence-electron chi connectivity index (χ2n) is 2.88. The molecule has 0 spiro atoms. The van der Waals surface area contributed by atoms with E-state index >= 15 is 0 Å². The topological polar surface area (TPSA) is 66.5 Å². The van der Waals surface area contributed by atoms with Crippen molar-refractivity contribution in [2.24, 2.45) is 5.73 Å². The van der Waals surface area contributed by atoms with Crippen LogP contribution >= 0.6 is 0 Å². The van der Waals surface area contributed by atoms with Crippen molar-refractivity contribution >= 4 is 0 Å². The summed E-state index contributed by atoms with van der Waals surface area (Å²) in [5, 5.41) is 18.1. The van der Waals surface area contributed by atoms with Gasteiger partial charge >= 0.3 is 0 Å². The lowest BCUT2D eigenvalue weighted by molar-refractivity contribution is 0.324. The van der Waals surface area contributed by atoms with Gasteiger partial charge in [0.15, 0.2) is 11.5 Å². The monoisotopic (exact) mass is 185 g/mol. The van der Waals surface area contributed by atoms with Gasteiger partial charge < -0.3 is 15.9 Å². The summed E-state index contributed by atoms with van der Waals surface area (Å²) in [6.07, 6.45) is -0.675. The highest BCUT2D eigenvalue weighted by Crippen LogP contribution is 2.25. The lowest BCUT2D eigenvalue weighted by Gasteiger charge is -2.03. The quantitative estimate of drug-likeness (QED) is 0.491. The average Bonchev–Trinajstić information content (AvgIpc) is 2.07. The fourth-order valence-electron chi connectivity index (χ4n) is 1.03. The third-order valence-electron chi connectivity index (χ3n) is 1.75. The maximum absolute atomic E-state index is 12.2. The van der Waals surface area contributed by atoms with E-state index in [9.17, 15) is 4.39 Å². The SMILES string of the molecule is NC(F)CCc1ccc(O)c(O)c1. The average molecular weight is 185 g/mol. The Hall–Kier alpha value is -1.29. The minimum Gasteiger partial charge on any atom is -0.504 e. The molecule has 4 heteroatoms. The van der Waals surface area contributed by atoms with Crippen molar-refractivity contribution in [2.75, 3.05) is 0 Å². The predicted octanol–water partition coefficient (Wildman–Crippen LogP) is 1.28. The molecule has 0 aromatic heterocycles. The van der Waals surface area contributed by atoms with Crippen molar-refractivity contribution in [3.8, 4) is 11.5 Å². The molecule has 1 aromatic rings. The van der Waals surface area contributed by atoms with E-state index in [2.05, 4.69) is 0 Å². The highest BCUT2D eigenvalue weighted by atomic mass is 19.1. The first-order valence-electron chi connectivity index (χ1n) is 4.00. The van der Waals surface area contributed by atoms with Gasteiger partial charge in [0.1, 0.15) is 6.30 Å². The fourth-order valence-corrected chi connectivity index (χ4v) is 1.03. The number of hydrogen-bond donors (Lipinski definition) is 3. The Morgan fingerprint density at radius 2 is 2.00 bits per heavy atom. The maximum atomic E-state index is 12.2. The van der Waals surface area contributed by atoms with Crippen LogP contribution in [0.5, 0.6) is 11.5 Å². The Labute approximate surface area is 75.6 Å². The smallest absolute Gasteiger partial charge is 0.157 e. The van der Waals surface area contributed by atoms with Crippen molar-refractivity contribution in [2.45, 2.75) is 19.1 Å². The van der Waals surface area contributed by atoms with E-state index in [1.54, 1.807) is 6.07 Å². The Balaban J connectivity index is 2.63. The van der Waals surface area contributed by atoms with Crippen LogP contribution in [0, 0.1) is 0 Å². The van der Waals surface area contributed by atoms with Gasteiger partial charge in [0.2, 0.25) is 0 Å². The molecule has 0 heterocycles. The summed E-state index contributed by atoms with van der Waals surface area (Å²) in [6, 6.07) is 4.39. The minimum absolute atomic E-state index is 0.173. The molecule has 0 bridgehead atoms. The highest BCUT2D eigenvalue weighted by Gasteiger charge is 2.03. The highest BCUT2D eigenvalue weighted by molar-refractivity contribution is 5.40. The fraction of sp³-hybridized carbons (Fsp3) is 0.333. The number of aryl methyl sites for hydroxylation is 1. The molecule has 0 aliphatic rings. The van der Waals surface area contributed by atoms with E-state index in [4.69, 9.17) is 15.9 Å². The molecule has 72 valence electrons. The number of alkyl halides is 1. The van der Waals surface area contributed by atoms with E-state index < -0.39 is 6.30 Å². The molecule has 0 saturated heterocycles. The maximum Gasteiger partial charge on any atom is 0.157 e. The molecule has 13 heavy (non-hydrogen) atoms. The summed E-state index contributed by atoms with van der Waals surface area (Å²) in [4.78, 5) is 0. The van der Waals surface area contributed by atoms with Crippen molar-refractivity contribution in [1.29, 1.82) is 0 Å². The van der Waals surface area contributed by atoms with Crippen molar-refractivity contribution in [3.05, 3.63) is 23.8 Å². The first-order chi connectivity index (χ1) is 6.09. The van der Waals surface area contributed by atoms with Crippen LogP contribution in [-0.2, 0) is 6.42 Å². The van der Waals surface area contributed by atoms with Gasteiger partial charge in [0, 0.05) is 0 Å². The molecule has 1 rings (SSSR count). The molecule has 0 fully saturated rings. The lowest BCUT2D eigenvalue weighted by atomic mass is 10.1. The Bertz CT molecular complexity index is 289. The van der Waals surface area contributed by atoms with Crippen molar-refractivity contribution < 1.29 is 14.6 Å². The molecular formula is C9H12FNO2. The number of aromatic hydroxyl groups is 2. The Kier molecular flexibility index (Phi) is 3.08. The van der Waals surface area contributed by atoms with E-state index in [0.29, 0.717) is 6.42 Å². The molecule has 1 atom stereocenters. The Morgan fingerprint density at radius 1 is 1.31 bits per heavy atom. The summed E-state index contributed by atoms with van der Waals surface area (Å²) in [5.41, 5.74) is 5.68. The van der Waals surface area contributed by atoms with Gasteiger partial charge in [-0.2, -0.15) is 0 Å². The summed E-state index contributed by atoms with van der Waals surface area (Å²) in [5.74, 6) is -0.363. The van der Waals surface area contributed by atoms with Gasteiger partial charge in [0.25, 0.3) is 0 Å². The molecule has 0 aliphatic heterocycles. The normalized spacial score (nSPS) is 12.8. The van der Waals surface area contributed by atoms with Crippen LogP contribution in [0.1, 0.15) is 12.0 Å². The van der Waals surface area contributed by atoms with E-state index in [1.165, 1.54) is 12.1 Å². The van der Waals surface area contributed by atoms with Crippen LogP contribution in [0.25, 0.3) is 0 Å². The summed E-state index contributed by atoms with van der Waals surface area (Å²) in [7, 11) is 0. The largest absolute Gasteiger partial charge is 0.504 e. The van der Waals surface area contributed by atoms with E-state index in [-0.39, 0.29) is 17.9 Å². The number of phenols is 2. The first-order valence-corrected chi connectivity index (χ1v) is 4.00. The Morgan fingerprint density at radius 3 is 2.54 bits per heavy atom. The number of phenolic OH excluding ortho intramolecular Hbond substituents is 2. The second kappa shape index (κ2) is 4.09. The van der Waals surface area contributed by atoms with Crippen molar-refractivity contribution in [1.82, 2.24) is 0 Å². The molecule has 0 saturated carbocycles. The number of rotatable bonds is 3. The summed E-state index contributed by atoms with van der Waals surface area (Å²) >= 11 is 0. The first kappa shape index (κ1) is 9.80. The van der Waals surface area contributed by atoms with E-state index in [0.717, 1.165) is 5.56 Å². The van der Waals surface area contributed by atoms with Gasteiger partial charge in [0.05, 0.1) is 0 Å². The zero-order valence-electron chi connectivity index (χ0n) is 7.07. The molecule has 0 aliphatic carbocycles. The van der Waals surface area contributed by atoms with Crippen LogP contribution in [-0.4, -0.2) is 16.5 Å². The minimum atomic E-state index is -1.34. The van der Waals surface area contributed by atoms with Crippen molar-refractivity contribution in [3.63, 3.8) is 0 Å². The van der Waals surface area contributed by atoms with Gasteiger partial charge in [-0.1, -0.05) is 6.07 Å². The standard InChI is InChI=1S/C9H12FNO2/c10-9(11)4-2-6-1-3-7(12)8(13)5-6/h1,3,5,9,12-13H,2,4,11H2. The van der Waals surface area contributed by atoms with Crippen LogP contribution < -0.4 is 5.73 Å². The van der Waals surface area contributed by atoms with Crippen LogP contribution in [0.4, 0.5) is 4.39 Å². The molecule has 4 N–H and O–H groups in total.